The van der Waals surface area contributed by atoms with E-state index in [1.807, 2.05) is 29.2 Å². The number of ether oxygens (including phenoxy) is 3. The van der Waals surface area contributed by atoms with Gasteiger partial charge in [-0.3, -0.25) is 4.79 Å². The van der Waals surface area contributed by atoms with Crippen molar-refractivity contribution in [1.29, 1.82) is 0 Å². The first-order valence-corrected chi connectivity index (χ1v) is 8.88. The summed E-state index contributed by atoms with van der Waals surface area (Å²) in [6.07, 6.45) is 1.63. The van der Waals surface area contributed by atoms with Crippen molar-refractivity contribution in [2.75, 3.05) is 7.11 Å². The molecule has 1 amide bonds. The molecule has 1 aromatic rings. The maximum atomic E-state index is 13.2. The Hall–Kier alpha value is -2.08. The van der Waals surface area contributed by atoms with Crippen molar-refractivity contribution in [2.24, 2.45) is 0 Å². The van der Waals surface area contributed by atoms with Crippen molar-refractivity contribution in [3.63, 3.8) is 0 Å². The van der Waals surface area contributed by atoms with Gasteiger partial charge in [0.15, 0.2) is 12.2 Å². The van der Waals surface area contributed by atoms with Crippen LogP contribution in [0.2, 0.25) is 0 Å². The number of hydrogen-bond acceptors (Lipinski definition) is 5. The van der Waals surface area contributed by atoms with Crippen LogP contribution in [-0.2, 0) is 25.5 Å². The topological polar surface area (TPSA) is 65.1 Å². The molecule has 0 bridgehead atoms. The van der Waals surface area contributed by atoms with E-state index in [1.54, 1.807) is 0 Å². The zero-order chi connectivity index (χ0) is 17.6. The number of carbonyl (C=O) groups excluding carboxylic acids is 2. The summed E-state index contributed by atoms with van der Waals surface area (Å²) in [6.45, 7) is 2.06. The van der Waals surface area contributed by atoms with Crippen molar-refractivity contribution < 1.29 is 23.8 Å². The summed E-state index contributed by atoms with van der Waals surface area (Å²) >= 11 is 0. The van der Waals surface area contributed by atoms with Crippen LogP contribution >= 0.6 is 0 Å². The average molecular weight is 345 g/mol. The Morgan fingerprint density at radius 3 is 2.76 bits per heavy atom. The number of hydrogen-bond donors (Lipinski definition) is 0. The maximum Gasteiger partial charge on any atom is 0.335 e. The molecule has 0 N–H and O–H groups in total. The molecule has 3 aliphatic rings. The number of amides is 1. The molecule has 3 aliphatic heterocycles. The van der Waals surface area contributed by atoms with Crippen molar-refractivity contribution in [3.8, 4) is 5.75 Å². The fourth-order valence-electron chi connectivity index (χ4n) is 4.30. The Bertz CT molecular complexity index is 665. The molecule has 2 fully saturated rings. The van der Waals surface area contributed by atoms with E-state index in [4.69, 9.17) is 14.2 Å². The molecule has 0 aliphatic carbocycles. The highest BCUT2D eigenvalue weighted by Crippen LogP contribution is 2.37. The number of likely N-dealkylation sites (tertiary alicyclic amines) is 1. The molecule has 0 aromatic heterocycles. The third-order valence-electron chi connectivity index (χ3n) is 5.57. The molecule has 5 atom stereocenters. The third-order valence-corrected chi connectivity index (χ3v) is 5.57. The number of methoxy groups -OCH3 is 1. The van der Waals surface area contributed by atoms with Gasteiger partial charge in [-0.15, -0.1) is 0 Å². The van der Waals surface area contributed by atoms with Gasteiger partial charge in [0.05, 0.1) is 19.3 Å². The van der Waals surface area contributed by atoms with Crippen LogP contribution in [0.25, 0.3) is 0 Å². The Labute approximate surface area is 147 Å². The van der Waals surface area contributed by atoms with E-state index in [0.717, 1.165) is 24.2 Å². The van der Waals surface area contributed by atoms with E-state index in [-0.39, 0.29) is 30.1 Å². The van der Waals surface area contributed by atoms with E-state index in [9.17, 15) is 9.59 Å². The van der Waals surface area contributed by atoms with Gasteiger partial charge in [-0.1, -0.05) is 18.2 Å². The first kappa shape index (κ1) is 16.4. The number of rotatable bonds is 2. The second-order valence-corrected chi connectivity index (χ2v) is 7.08. The maximum absolute atomic E-state index is 13.2. The van der Waals surface area contributed by atoms with Crippen molar-refractivity contribution in [2.45, 2.75) is 63.0 Å². The molecule has 0 saturated carbocycles. The normalized spacial score (nSPS) is 33.4. The molecule has 0 spiro atoms. The van der Waals surface area contributed by atoms with E-state index in [1.165, 1.54) is 7.11 Å². The summed E-state index contributed by atoms with van der Waals surface area (Å²) in [4.78, 5) is 26.9. The lowest BCUT2D eigenvalue weighted by Crippen LogP contribution is -2.56. The molecule has 4 rings (SSSR count). The van der Waals surface area contributed by atoms with Crippen LogP contribution in [-0.4, -0.2) is 54.3 Å². The highest BCUT2D eigenvalue weighted by atomic mass is 16.6. The number of nitrogens with zero attached hydrogens (tertiary/aromatic N) is 1. The number of piperidine rings is 1. The summed E-state index contributed by atoms with van der Waals surface area (Å²) in [5.74, 6) is 0.420. The largest absolute Gasteiger partial charge is 0.480 e. The summed E-state index contributed by atoms with van der Waals surface area (Å²) in [5.41, 5.74) is 1.07. The second kappa shape index (κ2) is 6.33. The number of benzene rings is 1. The van der Waals surface area contributed by atoms with Crippen LogP contribution in [0, 0.1) is 0 Å². The molecule has 2 saturated heterocycles. The van der Waals surface area contributed by atoms with E-state index in [0.29, 0.717) is 12.8 Å². The predicted molar refractivity (Wildman–Crippen MR) is 89.2 cm³/mol. The predicted octanol–water partition coefficient (Wildman–Crippen LogP) is 1.70. The highest BCUT2D eigenvalue weighted by Gasteiger charge is 2.49. The number of fused-ring (bicyclic) bond motifs is 2. The second-order valence-electron chi connectivity index (χ2n) is 7.08. The molecule has 0 unspecified atom stereocenters. The monoisotopic (exact) mass is 345 g/mol. The molecule has 6 heteroatoms. The van der Waals surface area contributed by atoms with Crippen molar-refractivity contribution in [1.82, 2.24) is 4.90 Å². The van der Waals surface area contributed by atoms with Crippen LogP contribution < -0.4 is 4.74 Å². The van der Waals surface area contributed by atoms with Crippen molar-refractivity contribution >= 4 is 11.9 Å². The average Bonchev–Trinajstić information content (AvgIpc) is 3.24. The SMILES string of the molecule is COC(=O)[C@@H]1C[C@@H]2[C@H](CC[C@H](C)N2C(=O)[C@@H]2Cc3ccccc3O2)O1. The fourth-order valence-corrected chi connectivity index (χ4v) is 4.30. The van der Waals surface area contributed by atoms with Gasteiger partial charge in [0.1, 0.15) is 5.75 Å². The first-order valence-electron chi connectivity index (χ1n) is 8.88. The molecule has 6 nitrogen and oxygen atoms in total. The van der Waals surface area contributed by atoms with E-state index in [2.05, 4.69) is 6.92 Å². The molecule has 1 aromatic carbocycles. The Balaban J connectivity index is 1.52. The number of para-hydroxylation sites is 1. The highest BCUT2D eigenvalue weighted by molar-refractivity contribution is 5.84. The molecular weight excluding hydrogens is 322 g/mol. The van der Waals surface area contributed by atoms with Gasteiger partial charge in [-0.05, 0) is 31.4 Å². The molecular formula is C19H23NO5. The van der Waals surface area contributed by atoms with E-state index < -0.39 is 12.2 Å². The van der Waals surface area contributed by atoms with Crippen LogP contribution in [0.5, 0.6) is 5.75 Å². The van der Waals surface area contributed by atoms with Crippen molar-refractivity contribution in [3.05, 3.63) is 29.8 Å². The van der Waals surface area contributed by atoms with Gasteiger partial charge in [-0.25, -0.2) is 4.79 Å². The van der Waals surface area contributed by atoms with Crippen LogP contribution in [0.15, 0.2) is 24.3 Å². The number of carbonyl (C=O) groups is 2. The molecule has 134 valence electrons. The molecule has 0 radical (unpaired) electrons. The zero-order valence-electron chi connectivity index (χ0n) is 14.5. The number of esters is 1. The minimum atomic E-state index is -0.581. The standard InChI is InChI=1S/C19H23NO5/c1-11-7-8-15-13(10-17(25-15)19(22)23-2)20(11)18(21)16-9-12-5-3-4-6-14(12)24-16/h3-6,11,13,15-17H,7-10H2,1-2H3/t11-,13+,15-,16-,17-/m0/s1. The van der Waals surface area contributed by atoms with E-state index >= 15 is 0 Å². The van der Waals surface area contributed by atoms with Crippen LogP contribution in [0.1, 0.15) is 31.7 Å². The van der Waals surface area contributed by atoms with Gasteiger partial charge in [0, 0.05) is 18.9 Å². The Morgan fingerprint density at radius 1 is 1.20 bits per heavy atom. The van der Waals surface area contributed by atoms with Gasteiger partial charge >= 0.3 is 5.97 Å². The molecule has 25 heavy (non-hydrogen) atoms. The minimum absolute atomic E-state index is 0.00693. The summed E-state index contributed by atoms with van der Waals surface area (Å²) in [6, 6.07) is 7.79. The lowest BCUT2D eigenvalue weighted by Gasteiger charge is -2.42. The third kappa shape index (κ3) is 2.78. The van der Waals surface area contributed by atoms with Gasteiger partial charge < -0.3 is 19.1 Å². The Kier molecular flexibility index (Phi) is 4.15. The summed E-state index contributed by atoms with van der Waals surface area (Å²) in [7, 11) is 1.36. The van der Waals surface area contributed by atoms with Crippen LogP contribution in [0.4, 0.5) is 0 Å². The lowest BCUT2D eigenvalue weighted by atomic mass is 9.91. The zero-order valence-corrected chi connectivity index (χ0v) is 14.5. The van der Waals surface area contributed by atoms with Crippen LogP contribution in [0.3, 0.4) is 0 Å². The Morgan fingerprint density at radius 2 is 2.00 bits per heavy atom. The summed E-state index contributed by atoms with van der Waals surface area (Å²) < 4.78 is 16.6. The van der Waals surface area contributed by atoms with Gasteiger partial charge in [-0.2, -0.15) is 0 Å². The van der Waals surface area contributed by atoms with Gasteiger partial charge in [0.25, 0.3) is 5.91 Å². The molecule has 3 heterocycles. The smallest absolute Gasteiger partial charge is 0.335 e. The fraction of sp³-hybridized carbons (Fsp3) is 0.579. The summed E-state index contributed by atoms with van der Waals surface area (Å²) in [5, 5.41) is 0. The lowest BCUT2D eigenvalue weighted by molar-refractivity contribution is -0.154. The first-order chi connectivity index (χ1) is 12.1. The minimum Gasteiger partial charge on any atom is -0.480 e. The van der Waals surface area contributed by atoms with Gasteiger partial charge in [0.2, 0.25) is 0 Å². The quantitative estimate of drug-likeness (QED) is 0.764.